The van der Waals surface area contributed by atoms with Gasteiger partial charge in [0.15, 0.2) is 5.82 Å². The van der Waals surface area contributed by atoms with E-state index in [1.807, 2.05) is 64.1 Å². The fourth-order valence-corrected chi connectivity index (χ4v) is 2.98. The van der Waals surface area contributed by atoms with Gasteiger partial charge in [0.25, 0.3) is 0 Å². The van der Waals surface area contributed by atoms with Crippen LogP contribution in [0.5, 0.6) is 0 Å². The summed E-state index contributed by atoms with van der Waals surface area (Å²) >= 11 is 0. The van der Waals surface area contributed by atoms with E-state index in [-0.39, 0.29) is 13.2 Å². The Kier molecular flexibility index (Phi) is 6.23. The van der Waals surface area contributed by atoms with Gasteiger partial charge in [-0.2, -0.15) is 5.10 Å². The van der Waals surface area contributed by atoms with Crippen LogP contribution in [-0.2, 0) is 27.7 Å². The first-order chi connectivity index (χ1) is 14.1. The molecule has 3 rings (SSSR count). The molecule has 1 aromatic carbocycles. The topological polar surface area (TPSA) is 101 Å². The van der Waals surface area contributed by atoms with Crippen molar-refractivity contribution >= 4 is 25.1 Å². The number of aryl methyl sites for hydroxylation is 1. The molecule has 1 amide bonds. The molecule has 0 unspecified atom stereocenters. The normalized spacial score (nSPS) is 17.8. The number of nitrogens with one attached hydrogen (secondary N) is 1. The van der Waals surface area contributed by atoms with Crippen LogP contribution in [0, 0.1) is 0 Å². The monoisotopic (exact) mass is 412 g/mol. The maximum absolute atomic E-state index is 12.2. The van der Waals surface area contributed by atoms with Crippen LogP contribution in [0.2, 0.25) is 0 Å². The van der Waals surface area contributed by atoms with Gasteiger partial charge in [0.1, 0.15) is 6.61 Å². The van der Waals surface area contributed by atoms with Gasteiger partial charge in [-0.05, 0) is 38.7 Å². The summed E-state index contributed by atoms with van der Waals surface area (Å²) in [5.74, 6) is 0.387. The first-order valence-corrected chi connectivity index (χ1v) is 9.87. The molecule has 8 nitrogen and oxygen atoms in total. The zero-order chi connectivity index (χ0) is 21.9. The molecule has 1 aliphatic rings. The summed E-state index contributed by atoms with van der Waals surface area (Å²) in [5, 5.41) is 6.94. The second kappa shape index (κ2) is 8.53. The Morgan fingerprint density at radius 1 is 1.23 bits per heavy atom. The second-order valence-corrected chi connectivity index (χ2v) is 8.37. The summed E-state index contributed by atoms with van der Waals surface area (Å²) in [4.78, 5) is 12.2. The number of alkyl carbamates (subject to hydrolysis) is 1. The maximum atomic E-state index is 12.2. The van der Waals surface area contributed by atoms with Crippen molar-refractivity contribution in [2.75, 3.05) is 12.3 Å². The van der Waals surface area contributed by atoms with Crippen LogP contribution in [0.4, 0.5) is 10.6 Å². The van der Waals surface area contributed by atoms with Crippen molar-refractivity contribution in [1.29, 1.82) is 0 Å². The Bertz CT molecular complexity index is 908. The van der Waals surface area contributed by atoms with Gasteiger partial charge in [0, 0.05) is 25.4 Å². The molecule has 30 heavy (non-hydrogen) atoms. The van der Waals surface area contributed by atoms with Crippen LogP contribution >= 0.6 is 0 Å². The number of hydrogen-bond donors (Lipinski definition) is 2. The van der Waals surface area contributed by atoms with Gasteiger partial charge < -0.3 is 25.1 Å². The number of hydrogen-bond acceptors (Lipinski definition) is 6. The maximum Gasteiger partial charge on any atom is 0.492 e. The summed E-state index contributed by atoms with van der Waals surface area (Å²) in [6.45, 7) is 8.28. The molecule has 0 aliphatic carbocycles. The van der Waals surface area contributed by atoms with E-state index >= 15 is 0 Å². The van der Waals surface area contributed by atoms with E-state index in [0.717, 1.165) is 11.1 Å². The van der Waals surface area contributed by atoms with Crippen molar-refractivity contribution in [1.82, 2.24) is 15.1 Å². The first kappa shape index (κ1) is 21.9. The van der Waals surface area contributed by atoms with Gasteiger partial charge in [0.05, 0.1) is 11.2 Å². The minimum Gasteiger partial charge on any atom is -0.445 e. The number of benzene rings is 1. The SMILES string of the molecule is Cn1cc(C=C(CNC(=O)OCc2ccccc2)B2OC(C)(C)C(C)(C)O2)c(N)n1. The second-order valence-electron chi connectivity index (χ2n) is 8.37. The molecule has 0 saturated carbocycles. The fraction of sp³-hybridized carbons (Fsp3) is 0.429. The molecule has 1 fully saturated rings. The van der Waals surface area contributed by atoms with E-state index in [4.69, 9.17) is 19.8 Å². The quantitative estimate of drug-likeness (QED) is 0.708. The van der Waals surface area contributed by atoms with Crippen molar-refractivity contribution < 1.29 is 18.8 Å². The van der Waals surface area contributed by atoms with Gasteiger partial charge in [-0.15, -0.1) is 0 Å². The Labute approximate surface area is 177 Å². The van der Waals surface area contributed by atoms with Gasteiger partial charge in [0.2, 0.25) is 0 Å². The number of rotatable bonds is 6. The van der Waals surface area contributed by atoms with Crippen molar-refractivity contribution in [2.45, 2.75) is 45.5 Å². The first-order valence-electron chi connectivity index (χ1n) is 9.87. The van der Waals surface area contributed by atoms with E-state index in [1.54, 1.807) is 17.9 Å². The van der Waals surface area contributed by atoms with E-state index < -0.39 is 24.4 Å². The smallest absolute Gasteiger partial charge is 0.445 e. The Balaban J connectivity index is 1.72. The number of anilines is 1. The molecule has 1 saturated heterocycles. The van der Waals surface area contributed by atoms with Gasteiger partial charge >= 0.3 is 13.2 Å². The lowest BCUT2D eigenvalue weighted by atomic mass is 9.77. The average Bonchev–Trinajstić information content (AvgIpc) is 3.10. The zero-order valence-corrected chi connectivity index (χ0v) is 18.1. The third-order valence-electron chi connectivity index (χ3n) is 5.43. The van der Waals surface area contributed by atoms with Crippen molar-refractivity contribution in [3.63, 3.8) is 0 Å². The summed E-state index contributed by atoms with van der Waals surface area (Å²) < 4.78 is 19.2. The summed E-state index contributed by atoms with van der Waals surface area (Å²) in [6.07, 6.45) is 3.11. The minimum atomic E-state index is -0.635. The molecule has 2 aromatic rings. The number of nitrogens with zero attached hydrogens (tertiary/aromatic N) is 2. The van der Waals surface area contributed by atoms with Crippen LogP contribution in [0.15, 0.2) is 42.0 Å². The summed E-state index contributed by atoms with van der Waals surface area (Å²) in [7, 11) is 1.16. The number of aromatic nitrogens is 2. The number of ether oxygens (including phenoxy) is 1. The highest BCUT2D eigenvalue weighted by Gasteiger charge is 2.52. The molecule has 1 aromatic heterocycles. The van der Waals surface area contributed by atoms with Crippen molar-refractivity contribution in [3.8, 4) is 0 Å². The van der Waals surface area contributed by atoms with Crippen LogP contribution in [-0.4, -0.2) is 40.7 Å². The van der Waals surface area contributed by atoms with E-state index in [9.17, 15) is 4.79 Å². The van der Waals surface area contributed by atoms with E-state index in [0.29, 0.717) is 11.3 Å². The Hall–Kier alpha value is -2.78. The Morgan fingerprint density at radius 2 is 1.87 bits per heavy atom. The predicted molar refractivity (Wildman–Crippen MR) is 116 cm³/mol. The summed E-state index contributed by atoms with van der Waals surface area (Å²) in [6, 6.07) is 9.50. The largest absolute Gasteiger partial charge is 0.492 e. The van der Waals surface area contributed by atoms with E-state index in [1.165, 1.54) is 0 Å². The molecule has 0 atom stereocenters. The standard InChI is InChI=1S/C21H29BN4O4/c1-20(2)21(3,4)30-22(29-20)17(11-16-13-26(5)25-18(16)23)12-24-19(27)28-14-15-9-7-6-8-10-15/h6-11,13H,12,14H2,1-5H3,(H2,23,25)(H,24,27). The summed E-state index contributed by atoms with van der Waals surface area (Å²) in [5.41, 5.74) is 7.33. The predicted octanol–water partition coefficient (Wildman–Crippen LogP) is 2.94. The van der Waals surface area contributed by atoms with Crippen molar-refractivity contribution in [3.05, 3.63) is 53.1 Å². The highest BCUT2D eigenvalue weighted by atomic mass is 16.7. The molecule has 9 heteroatoms. The van der Waals surface area contributed by atoms with Gasteiger partial charge in [-0.3, -0.25) is 4.68 Å². The lowest BCUT2D eigenvalue weighted by molar-refractivity contribution is 0.00578. The molecular weight excluding hydrogens is 383 g/mol. The van der Waals surface area contributed by atoms with E-state index in [2.05, 4.69) is 10.4 Å². The molecular formula is C21H29BN4O4. The molecule has 2 heterocycles. The van der Waals surface area contributed by atoms with Gasteiger partial charge in [-0.25, -0.2) is 4.79 Å². The fourth-order valence-electron chi connectivity index (χ4n) is 2.98. The van der Waals surface area contributed by atoms with Gasteiger partial charge in [-0.1, -0.05) is 36.4 Å². The molecule has 1 aliphatic heterocycles. The lowest BCUT2D eigenvalue weighted by Crippen LogP contribution is -2.41. The third kappa shape index (κ3) is 5.03. The van der Waals surface area contributed by atoms with Crippen molar-refractivity contribution in [2.24, 2.45) is 7.05 Å². The van der Waals surface area contributed by atoms with Crippen LogP contribution in [0.25, 0.3) is 6.08 Å². The number of nitrogens with two attached hydrogens (primary N) is 1. The number of carbonyl (C=O) groups is 1. The van der Waals surface area contributed by atoms with Crippen LogP contribution < -0.4 is 11.1 Å². The minimum absolute atomic E-state index is 0.179. The molecule has 160 valence electrons. The molecule has 3 N–H and O–H groups in total. The molecule has 0 bridgehead atoms. The zero-order valence-electron chi connectivity index (χ0n) is 18.1. The third-order valence-corrected chi connectivity index (χ3v) is 5.43. The molecule has 0 radical (unpaired) electrons. The lowest BCUT2D eigenvalue weighted by Gasteiger charge is -2.32. The number of carbonyl (C=O) groups excluding carboxylic acids is 1. The highest BCUT2D eigenvalue weighted by Crippen LogP contribution is 2.38. The number of nitrogen functional groups attached to an aromatic ring is 1. The highest BCUT2D eigenvalue weighted by molar-refractivity contribution is 6.56. The Morgan fingerprint density at radius 3 is 2.43 bits per heavy atom. The average molecular weight is 412 g/mol. The molecule has 0 spiro atoms. The van der Waals surface area contributed by atoms with Crippen LogP contribution in [0.3, 0.4) is 0 Å². The number of amides is 1. The van der Waals surface area contributed by atoms with Crippen LogP contribution in [0.1, 0.15) is 38.8 Å².